The molecule has 0 aromatic carbocycles. The third-order valence-corrected chi connectivity index (χ3v) is 2.10. The van der Waals surface area contributed by atoms with Gasteiger partial charge in [-0.2, -0.15) is 0 Å². The van der Waals surface area contributed by atoms with Crippen LogP contribution in [0.15, 0.2) is 6.07 Å². The van der Waals surface area contributed by atoms with Crippen molar-refractivity contribution in [2.45, 2.75) is 13.3 Å². The highest BCUT2D eigenvalue weighted by atomic mass is 19.3. The van der Waals surface area contributed by atoms with Gasteiger partial charge in [-0.3, -0.25) is 0 Å². The monoisotopic (exact) mass is 261 g/mol. The second kappa shape index (κ2) is 6.13. The number of carbonyl (C=O) groups is 1. The Kier molecular flexibility index (Phi) is 4.82. The van der Waals surface area contributed by atoms with Gasteiger partial charge in [0.2, 0.25) is 5.88 Å². The van der Waals surface area contributed by atoms with Crippen molar-refractivity contribution in [3.8, 4) is 11.6 Å². The Balaban J connectivity index is 3.30. The van der Waals surface area contributed by atoms with Crippen molar-refractivity contribution < 1.29 is 27.8 Å². The molecule has 0 bridgehead atoms. The zero-order valence-electron chi connectivity index (χ0n) is 10.2. The van der Waals surface area contributed by atoms with E-state index in [1.165, 1.54) is 14.2 Å². The molecule has 0 aliphatic carbocycles. The summed E-state index contributed by atoms with van der Waals surface area (Å²) >= 11 is 0. The number of ether oxygens (including phenoxy) is 3. The molecule has 0 radical (unpaired) electrons. The zero-order valence-corrected chi connectivity index (χ0v) is 10.2. The SMILES string of the molecule is CCOC(=O)c1cc(OC)c(C(F)F)nc1OC. The Hall–Kier alpha value is -1.92. The molecule has 0 fully saturated rings. The number of rotatable bonds is 5. The summed E-state index contributed by atoms with van der Waals surface area (Å²) in [6, 6.07) is 1.13. The molecule has 0 amide bonds. The standard InChI is InChI=1S/C11H13F2NO4/c1-4-18-11(15)6-5-7(16-2)8(9(12)13)14-10(6)17-3/h5,9H,4H2,1-3H3. The van der Waals surface area contributed by atoms with Crippen LogP contribution in [0.4, 0.5) is 8.78 Å². The summed E-state index contributed by atoms with van der Waals surface area (Å²) in [6.07, 6.45) is -2.83. The molecule has 0 unspecified atom stereocenters. The highest BCUT2D eigenvalue weighted by molar-refractivity contribution is 5.92. The Morgan fingerprint density at radius 2 is 2.06 bits per heavy atom. The predicted molar refractivity (Wildman–Crippen MR) is 58.3 cm³/mol. The van der Waals surface area contributed by atoms with E-state index in [-0.39, 0.29) is 23.8 Å². The van der Waals surface area contributed by atoms with Gasteiger partial charge in [-0.05, 0) is 6.92 Å². The third kappa shape index (κ3) is 2.85. The maximum absolute atomic E-state index is 12.7. The fourth-order valence-corrected chi connectivity index (χ4v) is 1.32. The first-order valence-electron chi connectivity index (χ1n) is 5.13. The highest BCUT2D eigenvalue weighted by Crippen LogP contribution is 2.32. The third-order valence-electron chi connectivity index (χ3n) is 2.10. The van der Waals surface area contributed by atoms with Crippen LogP contribution in [0.2, 0.25) is 0 Å². The van der Waals surface area contributed by atoms with Gasteiger partial charge in [0, 0.05) is 6.07 Å². The van der Waals surface area contributed by atoms with Crippen LogP contribution in [0.5, 0.6) is 11.6 Å². The number of nitrogens with zero attached hydrogens (tertiary/aromatic N) is 1. The highest BCUT2D eigenvalue weighted by Gasteiger charge is 2.23. The maximum Gasteiger partial charge on any atom is 0.343 e. The van der Waals surface area contributed by atoms with E-state index in [9.17, 15) is 13.6 Å². The molecule has 7 heteroatoms. The summed E-state index contributed by atoms with van der Waals surface area (Å²) in [7, 11) is 2.44. The molecular formula is C11H13F2NO4. The van der Waals surface area contributed by atoms with Crippen molar-refractivity contribution in [1.82, 2.24) is 4.98 Å². The molecule has 1 aromatic rings. The number of methoxy groups -OCH3 is 2. The van der Waals surface area contributed by atoms with E-state index in [4.69, 9.17) is 14.2 Å². The Morgan fingerprint density at radius 3 is 2.50 bits per heavy atom. The van der Waals surface area contributed by atoms with Gasteiger partial charge < -0.3 is 14.2 Å². The van der Waals surface area contributed by atoms with Crippen molar-refractivity contribution >= 4 is 5.97 Å². The largest absolute Gasteiger partial charge is 0.495 e. The quantitative estimate of drug-likeness (QED) is 0.760. The van der Waals surface area contributed by atoms with Crippen LogP contribution in [0.25, 0.3) is 0 Å². The van der Waals surface area contributed by atoms with Crippen LogP contribution in [0, 0.1) is 0 Å². The van der Waals surface area contributed by atoms with E-state index >= 15 is 0 Å². The number of esters is 1. The molecule has 0 saturated heterocycles. The molecule has 18 heavy (non-hydrogen) atoms. The molecule has 0 aliphatic heterocycles. The Labute approximate surface area is 103 Å². The van der Waals surface area contributed by atoms with E-state index < -0.39 is 18.1 Å². The second-order valence-electron chi connectivity index (χ2n) is 3.15. The average molecular weight is 261 g/mol. The summed E-state index contributed by atoms with van der Waals surface area (Å²) < 4.78 is 39.7. The van der Waals surface area contributed by atoms with E-state index in [2.05, 4.69) is 4.98 Å². The van der Waals surface area contributed by atoms with Gasteiger partial charge in [0.15, 0.2) is 5.69 Å². The minimum absolute atomic E-state index is 0.0550. The first-order chi connectivity index (χ1) is 8.54. The number of hydrogen-bond acceptors (Lipinski definition) is 5. The van der Waals surface area contributed by atoms with Gasteiger partial charge in [-0.25, -0.2) is 18.6 Å². The molecular weight excluding hydrogens is 248 g/mol. The van der Waals surface area contributed by atoms with Crippen LogP contribution in [-0.4, -0.2) is 31.8 Å². The smallest absolute Gasteiger partial charge is 0.343 e. The predicted octanol–water partition coefficient (Wildman–Crippen LogP) is 2.21. The van der Waals surface area contributed by atoms with Crippen molar-refractivity contribution in [2.24, 2.45) is 0 Å². The Bertz CT molecular complexity index is 437. The maximum atomic E-state index is 12.7. The van der Waals surface area contributed by atoms with Crippen molar-refractivity contribution in [1.29, 1.82) is 0 Å². The fraction of sp³-hybridized carbons (Fsp3) is 0.455. The zero-order chi connectivity index (χ0) is 13.7. The molecule has 0 spiro atoms. The summed E-state index contributed by atoms with van der Waals surface area (Å²) in [5, 5.41) is 0. The number of pyridine rings is 1. The number of carbonyl (C=O) groups excluding carboxylic acids is 1. The van der Waals surface area contributed by atoms with Crippen molar-refractivity contribution in [3.63, 3.8) is 0 Å². The molecule has 5 nitrogen and oxygen atoms in total. The molecule has 0 saturated carbocycles. The lowest BCUT2D eigenvalue weighted by Gasteiger charge is -2.12. The van der Waals surface area contributed by atoms with Gasteiger partial charge >= 0.3 is 5.97 Å². The molecule has 100 valence electrons. The van der Waals surface area contributed by atoms with Crippen LogP contribution in [0.3, 0.4) is 0 Å². The molecule has 0 atom stereocenters. The van der Waals surface area contributed by atoms with Gasteiger partial charge in [0.25, 0.3) is 6.43 Å². The lowest BCUT2D eigenvalue weighted by atomic mass is 10.2. The Morgan fingerprint density at radius 1 is 1.39 bits per heavy atom. The molecule has 0 aliphatic rings. The number of halogens is 2. The second-order valence-corrected chi connectivity index (χ2v) is 3.15. The summed E-state index contributed by atoms with van der Waals surface area (Å²) in [5.74, 6) is -1.11. The van der Waals surface area contributed by atoms with Crippen LogP contribution >= 0.6 is 0 Å². The summed E-state index contributed by atoms with van der Waals surface area (Å²) in [4.78, 5) is 15.2. The van der Waals surface area contributed by atoms with Crippen LogP contribution in [0.1, 0.15) is 29.4 Å². The fourth-order valence-electron chi connectivity index (χ4n) is 1.32. The first kappa shape index (κ1) is 14.1. The minimum Gasteiger partial charge on any atom is -0.495 e. The van der Waals surface area contributed by atoms with Gasteiger partial charge in [-0.1, -0.05) is 0 Å². The molecule has 1 aromatic heterocycles. The van der Waals surface area contributed by atoms with Gasteiger partial charge in [0.05, 0.1) is 20.8 Å². The summed E-state index contributed by atoms with van der Waals surface area (Å²) in [6.45, 7) is 1.78. The molecule has 1 rings (SSSR count). The lowest BCUT2D eigenvalue weighted by molar-refractivity contribution is 0.0520. The van der Waals surface area contributed by atoms with Crippen LogP contribution < -0.4 is 9.47 Å². The topological polar surface area (TPSA) is 57.7 Å². The number of hydrogen-bond donors (Lipinski definition) is 0. The average Bonchev–Trinajstić information content (AvgIpc) is 2.37. The van der Waals surface area contributed by atoms with Gasteiger partial charge in [0.1, 0.15) is 11.3 Å². The lowest BCUT2D eigenvalue weighted by Crippen LogP contribution is -2.10. The molecule has 0 N–H and O–H groups in total. The van der Waals surface area contributed by atoms with E-state index in [0.29, 0.717) is 0 Å². The first-order valence-corrected chi connectivity index (χ1v) is 5.13. The van der Waals surface area contributed by atoms with Crippen molar-refractivity contribution in [2.75, 3.05) is 20.8 Å². The van der Waals surface area contributed by atoms with Crippen LogP contribution in [-0.2, 0) is 4.74 Å². The van der Waals surface area contributed by atoms with E-state index in [0.717, 1.165) is 6.07 Å². The van der Waals surface area contributed by atoms with Crippen molar-refractivity contribution in [3.05, 3.63) is 17.3 Å². The minimum atomic E-state index is -2.83. The summed E-state index contributed by atoms with van der Waals surface area (Å²) in [5.41, 5.74) is -0.636. The number of aromatic nitrogens is 1. The van der Waals surface area contributed by atoms with E-state index in [1.54, 1.807) is 6.92 Å². The van der Waals surface area contributed by atoms with Gasteiger partial charge in [-0.15, -0.1) is 0 Å². The number of alkyl halides is 2. The normalized spacial score (nSPS) is 10.3. The van der Waals surface area contributed by atoms with E-state index in [1.807, 2.05) is 0 Å². The molecule has 1 heterocycles.